The summed E-state index contributed by atoms with van der Waals surface area (Å²) in [6.07, 6.45) is 0. The molecule has 0 aliphatic rings. The molecule has 0 N–H and O–H groups in total. The third-order valence-corrected chi connectivity index (χ3v) is 4.37. The molecule has 1 aromatic heterocycles. The second-order valence-electron chi connectivity index (χ2n) is 4.46. The van der Waals surface area contributed by atoms with Crippen LogP contribution in [0.15, 0.2) is 24.3 Å². The maximum Gasteiger partial charge on any atom is 1.00 e. The first-order valence-electron chi connectivity index (χ1n) is 6.50. The Labute approximate surface area is 132 Å². The summed E-state index contributed by atoms with van der Waals surface area (Å²) in [5.74, 6) is 0. The van der Waals surface area contributed by atoms with Gasteiger partial charge in [-0.1, -0.05) is 24.6 Å². The minimum Gasteiger partial charge on any atom is -0.372 e. The van der Waals surface area contributed by atoms with E-state index in [4.69, 9.17) is 0 Å². The summed E-state index contributed by atoms with van der Waals surface area (Å²) in [4.78, 5) is 4.97. The molecule has 0 aliphatic heterocycles. The molecule has 0 atom stereocenters. The monoisotopic (exact) mass is 265 g/mol. The fraction of sp³-hybridized carbons (Fsp3) is 0.375. The first kappa shape index (κ1) is 16.4. The Morgan fingerprint density at radius 3 is 2.05 bits per heavy atom. The van der Waals surface area contributed by atoms with Crippen molar-refractivity contribution in [2.24, 2.45) is 0 Å². The Bertz CT molecular complexity index is 512. The summed E-state index contributed by atoms with van der Waals surface area (Å²) in [5, 5.41) is 0. The second-order valence-corrected chi connectivity index (χ2v) is 5.68. The number of thiophene rings is 1. The molecular weight excluding hydrogens is 245 g/mol. The zero-order chi connectivity index (χ0) is 13.1. The van der Waals surface area contributed by atoms with Gasteiger partial charge in [-0.25, -0.2) is 11.6 Å². The molecule has 0 saturated heterocycles. The maximum absolute atomic E-state index is 3.37. The van der Waals surface area contributed by atoms with Crippen molar-refractivity contribution in [1.82, 2.24) is 0 Å². The molecule has 1 heterocycles. The summed E-state index contributed by atoms with van der Waals surface area (Å²) in [6.45, 7) is 10.8. The Morgan fingerprint density at radius 2 is 1.63 bits per heavy atom. The molecule has 0 amide bonds. The number of benzene rings is 1. The zero-order valence-corrected chi connectivity index (χ0v) is 13.4. The van der Waals surface area contributed by atoms with Gasteiger partial charge in [0.25, 0.3) is 0 Å². The van der Waals surface area contributed by atoms with E-state index in [0.29, 0.717) is 0 Å². The van der Waals surface area contributed by atoms with Crippen LogP contribution in [0.5, 0.6) is 0 Å². The van der Waals surface area contributed by atoms with E-state index >= 15 is 0 Å². The Morgan fingerprint density at radius 1 is 1.05 bits per heavy atom. The summed E-state index contributed by atoms with van der Waals surface area (Å²) < 4.78 is 0. The van der Waals surface area contributed by atoms with Gasteiger partial charge < -0.3 is 4.90 Å². The van der Waals surface area contributed by atoms with E-state index in [0.717, 1.165) is 13.1 Å². The molecule has 19 heavy (non-hydrogen) atoms. The van der Waals surface area contributed by atoms with E-state index in [1.807, 2.05) is 11.3 Å². The van der Waals surface area contributed by atoms with Gasteiger partial charge in [-0.2, -0.15) is 0 Å². The molecule has 2 rings (SSSR count). The molecule has 0 fully saturated rings. The van der Waals surface area contributed by atoms with Crippen LogP contribution in [0.3, 0.4) is 0 Å². The van der Waals surface area contributed by atoms with Crippen LogP contribution in [0.4, 0.5) is 5.69 Å². The predicted octanol–water partition coefficient (Wildman–Crippen LogP) is 1.68. The van der Waals surface area contributed by atoms with Gasteiger partial charge in [-0.3, -0.25) is 11.3 Å². The van der Waals surface area contributed by atoms with Crippen molar-refractivity contribution in [1.29, 1.82) is 0 Å². The molecule has 0 bridgehead atoms. The Balaban J connectivity index is 0.00000180. The van der Waals surface area contributed by atoms with Crippen molar-refractivity contribution in [3.63, 3.8) is 0 Å². The van der Waals surface area contributed by atoms with E-state index in [-0.39, 0.29) is 18.9 Å². The SMILES string of the molecule is CCN(CC)c1ccc(-c2sc(C)[c-]c2C)cc1.[Li+]. The van der Waals surface area contributed by atoms with Gasteiger partial charge in [-0.05, 0) is 32.9 Å². The average molecular weight is 265 g/mol. The van der Waals surface area contributed by atoms with Gasteiger partial charge in [0.2, 0.25) is 0 Å². The fourth-order valence-electron chi connectivity index (χ4n) is 2.26. The van der Waals surface area contributed by atoms with E-state index < -0.39 is 0 Å². The predicted molar refractivity (Wildman–Crippen MR) is 81.6 cm³/mol. The van der Waals surface area contributed by atoms with Crippen LogP contribution in [0, 0.1) is 19.9 Å². The van der Waals surface area contributed by atoms with Crippen molar-refractivity contribution in [2.45, 2.75) is 27.7 Å². The molecule has 0 aliphatic carbocycles. The van der Waals surface area contributed by atoms with Crippen LogP contribution >= 0.6 is 11.3 Å². The first-order valence-corrected chi connectivity index (χ1v) is 7.32. The van der Waals surface area contributed by atoms with Crippen molar-refractivity contribution >= 4 is 17.0 Å². The van der Waals surface area contributed by atoms with Crippen LogP contribution < -0.4 is 23.8 Å². The van der Waals surface area contributed by atoms with Gasteiger partial charge in [-0.15, -0.1) is 9.75 Å². The molecule has 2 aromatic rings. The van der Waals surface area contributed by atoms with E-state index in [9.17, 15) is 0 Å². The van der Waals surface area contributed by atoms with Crippen molar-refractivity contribution in [3.05, 3.63) is 40.8 Å². The van der Waals surface area contributed by atoms with E-state index in [2.05, 4.69) is 62.9 Å². The maximum atomic E-state index is 3.37. The van der Waals surface area contributed by atoms with Crippen LogP contribution in [-0.2, 0) is 0 Å². The van der Waals surface area contributed by atoms with Gasteiger partial charge in [0.15, 0.2) is 0 Å². The fourth-order valence-corrected chi connectivity index (χ4v) is 3.23. The zero-order valence-electron chi connectivity index (χ0n) is 12.6. The Kier molecular flexibility index (Phi) is 6.20. The molecular formula is C16H20LiNS. The summed E-state index contributed by atoms with van der Waals surface area (Å²) in [7, 11) is 0. The first-order chi connectivity index (χ1) is 8.65. The van der Waals surface area contributed by atoms with Gasteiger partial charge in [0.05, 0.1) is 0 Å². The number of hydrogen-bond acceptors (Lipinski definition) is 2. The summed E-state index contributed by atoms with van der Waals surface area (Å²) >= 11 is 1.82. The molecule has 3 heteroatoms. The quantitative estimate of drug-likeness (QED) is 0.600. The van der Waals surface area contributed by atoms with Crippen LogP contribution in [-0.4, -0.2) is 13.1 Å². The molecule has 1 nitrogen and oxygen atoms in total. The van der Waals surface area contributed by atoms with E-state index in [1.54, 1.807) is 0 Å². The van der Waals surface area contributed by atoms with Crippen molar-refractivity contribution in [3.8, 4) is 10.4 Å². The minimum absolute atomic E-state index is 0. The molecule has 0 spiro atoms. The Hall–Kier alpha value is -0.683. The number of nitrogens with zero attached hydrogens (tertiary/aromatic N) is 1. The van der Waals surface area contributed by atoms with Crippen molar-refractivity contribution < 1.29 is 18.9 Å². The number of rotatable bonds is 4. The number of hydrogen-bond donors (Lipinski definition) is 0. The third-order valence-electron chi connectivity index (χ3n) is 3.22. The average Bonchev–Trinajstić information content (AvgIpc) is 2.71. The molecule has 0 radical (unpaired) electrons. The smallest absolute Gasteiger partial charge is 0.372 e. The minimum atomic E-state index is 0. The molecule has 1 aromatic carbocycles. The number of aryl methyl sites for hydroxylation is 2. The topological polar surface area (TPSA) is 3.24 Å². The van der Waals surface area contributed by atoms with Crippen LogP contribution in [0.2, 0.25) is 0 Å². The molecule has 96 valence electrons. The van der Waals surface area contributed by atoms with Crippen LogP contribution in [0.1, 0.15) is 24.3 Å². The van der Waals surface area contributed by atoms with Crippen LogP contribution in [0.25, 0.3) is 10.4 Å². The number of anilines is 1. The summed E-state index contributed by atoms with van der Waals surface area (Å²) in [6, 6.07) is 12.3. The largest absolute Gasteiger partial charge is 1.00 e. The van der Waals surface area contributed by atoms with Gasteiger partial charge in [0, 0.05) is 18.8 Å². The van der Waals surface area contributed by atoms with Gasteiger partial charge >= 0.3 is 18.9 Å². The molecule has 0 saturated carbocycles. The standard InChI is InChI=1S/C16H20NS.Li/c1-5-17(6-2)15-9-7-14(8-10-15)16-12(3)11-13(4)18-16;/h7-10H,5-6H2,1-4H3;/q-1;+1. The van der Waals surface area contributed by atoms with E-state index in [1.165, 1.54) is 26.6 Å². The second kappa shape index (κ2) is 7.19. The van der Waals surface area contributed by atoms with Crippen molar-refractivity contribution in [2.75, 3.05) is 18.0 Å². The third kappa shape index (κ3) is 3.66. The summed E-state index contributed by atoms with van der Waals surface area (Å²) in [5.41, 5.74) is 3.87. The molecule has 0 unspecified atom stereocenters. The van der Waals surface area contributed by atoms with Gasteiger partial charge in [0.1, 0.15) is 0 Å². The normalized spacial score (nSPS) is 10.1.